The predicted molar refractivity (Wildman–Crippen MR) is 41.0 cm³/mol. The van der Waals surface area contributed by atoms with E-state index in [0.29, 0.717) is 6.54 Å². The maximum atomic E-state index is 5.01. The molecule has 0 heterocycles. The van der Waals surface area contributed by atoms with Gasteiger partial charge in [0.2, 0.25) is 0 Å². The fourth-order valence-corrected chi connectivity index (χ4v) is 0.440. The highest BCUT2D eigenvalue weighted by atomic mass is 14.9. The Labute approximate surface area is 56.5 Å². The van der Waals surface area contributed by atoms with Crippen LogP contribution in [0, 0.1) is 12.3 Å². The van der Waals surface area contributed by atoms with Crippen molar-refractivity contribution in [2.24, 2.45) is 0 Å². The third kappa shape index (κ3) is 3.57. The maximum Gasteiger partial charge on any atom is 0.0580 e. The summed E-state index contributed by atoms with van der Waals surface area (Å²) in [6.07, 6.45) is 8.51. The quantitative estimate of drug-likeness (QED) is 0.431. The van der Waals surface area contributed by atoms with Crippen molar-refractivity contribution in [3.63, 3.8) is 0 Å². The molecule has 0 radical (unpaired) electrons. The molecule has 0 aromatic rings. The Kier molecular flexibility index (Phi) is 4.57. The van der Waals surface area contributed by atoms with Crippen molar-refractivity contribution in [1.29, 1.82) is 0 Å². The lowest BCUT2D eigenvalue weighted by Gasteiger charge is -2.04. The van der Waals surface area contributed by atoms with Crippen molar-refractivity contribution in [1.82, 2.24) is 5.32 Å². The van der Waals surface area contributed by atoms with Gasteiger partial charge < -0.3 is 0 Å². The number of hydrogen-bond acceptors (Lipinski definition) is 1. The molecule has 0 atom stereocenters. The minimum atomic E-state index is 0.140. The summed E-state index contributed by atoms with van der Waals surface area (Å²) in [7, 11) is 0. The zero-order valence-corrected chi connectivity index (χ0v) is 5.43. The van der Waals surface area contributed by atoms with Gasteiger partial charge in [0.05, 0.1) is 6.54 Å². The van der Waals surface area contributed by atoms with Crippen LogP contribution in [-0.2, 0) is 0 Å². The van der Waals surface area contributed by atoms with Gasteiger partial charge in [-0.3, -0.25) is 5.32 Å². The van der Waals surface area contributed by atoms with Crippen LogP contribution in [0.3, 0.4) is 0 Å². The van der Waals surface area contributed by atoms with E-state index in [2.05, 4.69) is 24.4 Å². The summed E-state index contributed by atoms with van der Waals surface area (Å²) in [5.41, 5.74) is 0. The second kappa shape index (κ2) is 5.14. The molecule has 9 heavy (non-hydrogen) atoms. The highest BCUT2D eigenvalue weighted by Crippen LogP contribution is 1.82. The summed E-state index contributed by atoms with van der Waals surface area (Å²) in [5, 5.41) is 3.00. The van der Waals surface area contributed by atoms with Gasteiger partial charge in [-0.25, -0.2) is 0 Å². The first-order chi connectivity index (χ1) is 4.35. The Morgan fingerprint density at radius 3 is 2.44 bits per heavy atom. The number of hydrogen-bond donors (Lipinski definition) is 1. The van der Waals surface area contributed by atoms with Crippen molar-refractivity contribution < 1.29 is 0 Å². The third-order valence-corrected chi connectivity index (χ3v) is 0.948. The summed E-state index contributed by atoms with van der Waals surface area (Å²) in [5.74, 6) is 2.46. The number of nitrogens with one attached hydrogen (secondary N) is 1. The van der Waals surface area contributed by atoms with Gasteiger partial charge in [-0.05, 0) is 0 Å². The summed E-state index contributed by atoms with van der Waals surface area (Å²) < 4.78 is 0. The highest BCUT2D eigenvalue weighted by molar-refractivity contribution is 5.01. The van der Waals surface area contributed by atoms with Crippen molar-refractivity contribution in [3.05, 3.63) is 25.3 Å². The van der Waals surface area contributed by atoms with Crippen LogP contribution in [0.25, 0.3) is 0 Å². The largest absolute Gasteiger partial charge is 0.296 e. The standard InChI is InChI=1S/C8H11N/c1-4-7-9-8(5-2)6-3/h1,5-6,8-9H,2-3,7H2. The van der Waals surface area contributed by atoms with Gasteiger partial charge in [0.1, 0.15) is 0 Å². The van der Waals surface area contributed by atoms with E-state index >= 15 is 0 Å². The molecule has 0 rings (SSSR count). The molecule has 0 spiro atoms. The molecule has 0 fully saturated rings. The lowest BCUT2D eigenvalue weighted by atomic mass is 10.3. The fourth-order valence-electron chi connectivity index (χ4n) is 0.440. The number of rotatable bonds is 4. The Bertz CT molecular complexity index is 122. The summed E-state index contributed by atoms with van der Waals surface area (Å²) in [6.45, 7) is 7.72. The van der Waals surface area contributed by atoms with Crippen LogP contribution in [0.5, 0.6) is 0 Å². The Morgan fingerprint density at radius 1 is 1.56 bits per heavy atom. The van der Waals surface area contributed by atoms with Gasteiger partial charge in [-0.1, -0.05) is 18.1 Å². The van der Waals surface area contributed by atoms with E-state index in [1.807, 2.05) is 0 Å². The molecule has 0 aromatic carbocycles. The Hall–Kier alpha value is -1.00. The van der Waals surface area contributed by atoms with E-state index in [1.165, 1.54) is 0 Å². The second-order valence-electron chi connectivity index (χ2n) is 1.58. The van der Waals surface area contributed by atoms with Gasteiger partial charge in [0.25, 0.3) is 0 Å². The van der Waals surface area contributed by atoms with E-state index in [4.69, 9.17) is 6.42 Å². The number of terminal acetylenes is 1. The average molecular weight is 121 g/mol. The molecule has 0 amide bonds. The van der Waals surface area contributed by atoms with Gasteiger partial charge in [-0.15, -0.1) is 19.6 Å². The van der Waals surface area contributed by atoms with Crippen LogP contribution in [0.1, 0.15) is 0 Å². The van der Waals surface area contributed by atoms with Gasteiger partial charge in [0, 0.05) is 6.04 Å². The van der Waals surface area contributed by atoms with Crippen LogP contribution < -0.4 is 5.32 Å². The molecular formula is C8H11N. The molecule has 0 aromatic heterocycles. The molecule has 0 saturated heterocycles. The van der Waals surface area contributed by atoms with Crippen molar-refractivity contribution >= 4 is 0 Å². The molecule has 1 nitrogen and oxygen atoms in total. The van der Waals surface area contributed by atoms with Crippen LogP contribution in [0.4, 0.5) is 0 Å². The molecule has 1 N–H and O–H groups in total. The maximum absolute atomic E-state index is 5.01. The third-order valence-electron chi connectivity index (χ3n) is 0.948. The molecule has 0 aliphatic heterocycles. The molecular weight excluding hydrogens is 110 g/mol. The highest BCUT2D eigenvalue weighted by Gasteiger charge is 1.91. The topological polar surface area (TPSA) is 12.0 Å². The van der Waals surface area contributed by atoms with E-state index in [1.54, 1.807) is 12.2 Å². The minimum absolute atomic E-state index is 0.140. The van der Waals surface area contributed by atoms with Crippen molar-refractivity contribution in [2.75, 3.05) is 6.54 Å². The Morgan fingerprint density at radius 2 is 2.11 bits per heavy atom. The van der Waals surface area contributed by atoms with Crippen molar-refractivity contribution in [2.45, 2.75) is 6.04 Å². The second-order valence-corrected chi connectivity index (χ2v) is 1.58. The smallest absolute Gasteiger partial charge is 0.0580 e. The molecule has 0 aliphatic carbocycles. The first-order valence-electron chi connectivity index (χ1n) is 2.77. The van der Waals surface area contributed by atoms with E-state index in [-0.39, 0.29) is 6.04 Å². The van der Waals surface area contributed by atoms with Crippen LogP contribution in [0.15, 0.2) is 25.3 Å². The zero-order valence-electron chi connectivity index (χ0n) is 5.43. The summed E-state index contributed by atoms with van der Waals surface area (Å²) >= 11 is 0. The van der Waals surface area contributed by atoms with Crippen LogP contribution >= 0.6 is 0 Å². The fraction of sp³-hybridized carbons (Fsp3) is 0.250. The van der Waals surface area contributed by atoms with Gasteiger partial charge in [-0.2, -0.15) is 0 Å². The molecule has 0 bridgehead atoms. The van der Waals surface area contributed by atoms with Gasteiger partial charge >= 0.3 is 0 Å². The van der Waals surface area contributed by atoms with E-state index < -0.39 is 0 Å². The molecule has 1 heteroatoms. The van der Waals surface area contributed by atoms with Crippen molar-refractivity contribution in [3.8, 4) is 12.3 Å². The lowest BCUT2D eigenvalue weighted by molar-refractivity contribution is 0.749. The lowest BCUT2D eigenvalue weighted by Crippen LogP contribution is -2.24. The normalized spacial score (nSPS) is 8.44. The average Bonchev–Trinajstić information content (AvgIpc) is 1.91. The minimum Gasteiger partial charge on any atom is -0.296 e. The monoisotopic (exact) mass is 121 g/mol. The van der Waals surface area contributed by atoms with Crippen LogP contribution in [0.2, 0.25) is 0 Å². The summed E-state index contributed by atoms with van der Waals surface area (Å²) in [4.78, 5) is 0. The van der Waals surface area contributed by atoms with E-state index in [9.17, 15) is 0 Å². The first-order valence-corrected chi connectivity index (χ1v) is 2.77. The molecule has 0 saturated carbocycles. The molecule has 0 aliphatic rings. The van der Waals surface area contributed by atoms with E-state index in [0.717, 1.165) is 0 Å². The SMILES string of the molecule is C#CCNC(C=C)C=C. The van der Waals surface area contributed by atoms with Crippen LogP contribution in [-0.4, -0.2) is 12.6 Å². The zero-order chi connectivity index (χ0) is 7.11. The Balaban J connectivity index is 3.45. The van der Waals surface area contributed by atoms with Gasteiger partial charge in [0.15, 0.2) is 0 Å². The first kappa shape index (κ1) is 8.00. The predicted octanol–water partition coefficient (Wildman–Crippen LogP) is 0.950. The summed E-state index contributed by atoms with van der Waals surface area (Å²) in [6, 6.07) is 0.140. The molecule has 48 valence electrons. The molecule has 0 unspecified atom stereocenters.